The minimum Gasteiger partial charge on any atom is -0.457 e. The molecule has 0 aliphatic carbocycles. The highest BCUT2D eigenvalue weighted by molar-refractivity contribution is 9.10. The minimum atomic E-state index is -0.491. The topological polar surface area (TPSA) is 29.5 Å². The number of hydrogen-bond donors (Lipinski definition) is 1. The van der Waals surface area contributed by atoms with Crippen LogP contribution in [0.15, 0.2) is 53.0 Å². The fourth-order valence-corrected chi connectivity index (χ4v) is 2.22. The first-order valence-corrected chi connectivity index (χ1v) is 6.16. The highest BCUT2D eigenvalue weighted by atomic mass is 79.9. The average molecular weight is 293 g/mol. The van der Waals surface area contributed by atoms with Crippen LogP contribution in [-0.2, 0) is 0 Å². The van der Waals surface area contributed by atoms with Gasteiger partial charge in [0.15, 0.2) is 0 Å². The van der Waals surface area contributed by atoms with E-state index >= 15 is 0 Å². The third-order valence-corrected chi connectivity index (χ3v) is 3.09. The maximum atomic E-state index is 9.51. The van der Waals surface area contributed by atoms with Crippen molar-refractivity contribution in [2.75, 3.05) is 0 Å². The molecule has 0 aliphatic heterocycles. The van der Waals surface area contributed by atoms with E-state index in [1.807, 2.05) is 48.5 Å². The molecule has 0 heterocycles. The Morgan fingerprint density at radius 3 is 2.35 bits per heavy atom. The molecule has 3 heteroatoms. The Kier molecular flexibility index (Phi) is 3.82. The van der Waals surface area contributed by atoms with Gasteiger partial charge in [0, 0.05) is 4.47 Å². The summed E-state index contributed by atoms with van der Waals surface area (Å²) in [4.78, 5) is 0. The normalized spacial score (nSPS) is 12.2. The first-order chi connectivity index (χ1) is 8.16. The van der Waals surface area contributed by atoms with Crippen molar-refractivity contribution in [1.29, 1.82) is 0 Å². The first kappa shape index (κ1) is 12.1. The molecule has 0 aromatic heterocycles. The van der Waals surface area contributed by atoms with Crippen molar-refractivity contribution in [3.8, 4) is 11.5 Å². The molecule has 0 spiro atoms. The van der Waals surface area contributed by atoms with Crippen LogP contribution in [0, 0.1) is 0 Å². The summed E-state index contributed by atoms with van der Waals surface area (Å²) in [6.07, 6.45) is -0.491. The Balaban J connectivity index is 2.21. The highest BCUT2D eigenvalue weighted by Gasteiger charge is 2.07. The molecule has 1 N–H and O–H groups in total. The summed E-state index contributed by atoms with van der Waals surface area (Å²) < 4.78 is 6.53. The molecule has 1 atom stereocenters. The molecule has 0 amide bonds. The van der Waals surface area contributed by atoms with Crippen molar-refractivity contribution in [1.82, 2.24) is 0 Å². The highest BCUT2D eigenvalue weighted by Crippen LogP contribution is 2.29. The van der Waals surface area contributed by atoms with Crippen molar-refractivity contribution in [3.63, 3.8) is 0 Å². The van der Waals surface area contributed by atoms with Crippen LogP contribution in [0.3, 0.4) is 0 Å². The lowest BCUT2D eigenvalue weighted by atomic mass is 10.1. The Bertz CT molecular complexity index is 495. The fraction of sp³-hybridized carbons (Fsp3) is 0.143. The zero-order valence-electron chi connectivity index (χ0n) is 9.43. The first-order valence-electron chi connectivity index (χ1n) is 5.37. The number of hydrogen-bond acceptors (Lipinski definition) is 2. The van der Waals surface area contributed by atoms with Gasteiger partial charge in [0.05, 0.1) is 6.10 Å². The summed E-state index contributed by atoms with van der Waals surface area (Å²) in [5.74, 6) is 1.54. The SMILES string of the molecule is C[C@H](O)c1ccc(Oc2ccccc2)cc1Br. The van der Waals surface area contributed by atoms with Gasteiger partial charge >= 0.3 is 0 Å². The largest absolute Gasteiger partial charge is 0.457 e. The van der Waals surface area contributed by atoms with Crippen LogP contribution < -0.4 is 4.74 Å². The molecule has 88 valence electrons. The van der Waals surface area contributed by atoms with Gasteiger partial charge in [-0.3, -0.25) is 0 Å². The monoisotopic (exact) mass is 292 g/mol. The van der Waals surface area contributed by atoms with E-state index < -0.39 is 6.10 Å². The quantitative estimate of drug-likeness (QED) is 0.914. The average Bonchev–Trinajstić information content (AvgIpc) is 2.30. The van der Waals surface area contributed by atoms with Crippen molar-refractivity contribution in [3.05, 3.63) is 58.6 Å². The van der Waals surface area contributed by atoms with Gasteiger partial charge in [-0.1, -0.05) is 40.2 Å². The van der Waals surface area contributed by atoms with Crippen LogP contribution >= 0.6 is 15.9 Å². The maximum Gasteiger partial charge on any atom is 0.128 e. The molecule has 17 heavy (non-hydrogen) atoms. The Morgan fingerprint density at radius 1 is 1.06 bits per heavy atom. The van der Waals surface area contributed by atoms with E-state index in [9.17, 15) is 5.11 Å². The van der Waals surface area contributed by atoms with Crippen LogP contribution in [0.4, 0.5) is 0 Å². The fourth-order valence-electron chi connectivity index (χ4n) is 1.53. The minimum absolute atomic E-state index is 0.491. The number of ether oxygens (including phenoxy) is 1. The Hall–Kier alpha value is -1.32. The van der Waals surface area contributed by atoms with E-state index in [1.54, 1.807) is 6.92 Å². The second-order valence-electron chi connectivity index (χ2n) is 3.77. The van der Waals surface area contributed by atoms with Gasteiger partial charge in [-0.15, -0.1) is 0 Å². The second kappa shape index (κ2) is 5.34. The van der Waals surface area contributed by atoms with Gasteiger partial charge in [-0.25, -0.2) is 0 Å². The molecule has 0 fully saturated rings. The predicted molar refractivity (Wildman–Crippen MR) is 71.3 cm³/mol. The number of para-hydroxylation sites is 1. The van der Waals surface area contributed by atoms with E-state index in [4.69, 9.17) is 4.74 Å². The lowest BCUT2D eigenvalue weighted by Gasteiger charge is -2.10. The van der Waals surface area contributed by atoms with E-state index in [0.717, 1.165) is 21.5 Å². The van der Waals surface area contributed by atoms with Crippen molar-refractivity contribution >= 4 is 15.9 Å². The number of aliphatic hydroxyl groups excluding tert-OH is 1. The summed E-state index contributed by atoms with van der Waals surface area (Å²) >= 11 is 3.42. The van der Waals surface area contributed by atoms with Gasteiger partial charge in [0.1, 0.15) is 11.5 Å². The molecule has 0 saturated carbocycles. The number of rotatable bonds is 3. The molecular weight excluding hydrogens is 280 g/mol. The van der Waals surface area contributed by atoms with E-state index in [-0.39, 0.29) is 0 Å². The lowest BCUT2D eigenvalue weighted by molar-refractivity contribution is 0.198. The molecular formula is C14H13BrO2. The van der Waals surface area contributed by atoms with Gasteiger partial charge in [0.2, 0.25) is 0 Å². The van der Waals surface area contributed by atoms with Crippen LogP contribution in [0.1, 0.15) is 18.6 Å². The van der Waals surface area contributed by atoms with Crippen molar-refractivity contribution < 1.29 is 9.84 Å². The van der Waals surface area contributed by atoms with E-state index in [1.165, 1.54) is 0 Å². The summed E-state index contributed by atoms with van der Waals surface area (Å²) in [5.41, 5.74) is 0.852. The zero-order valence-corrected chi connectivity index (χ0v) is 11.0. The predicted octanol–water partition coefficient (Wildman–Crippen LogP) is 4.29. The summed E-state index contributed by atoms with van der Waals surface area (Å²) in [7, 11) is 0. The number of aliphatic hydroxyl groups is 1. The molecule has 2 aromatic carbocycles. The third-order valence-electron chi connectivity index (χ3n) is 2.40. The third kappa shape index (κ3) is 3.08. The number of benzene rings is 2. The second-order valence-corrected chi connectivity index (χ2v) is 4.63. The lowest BCUT2D eigenvalue weighted by Crippen LogP contribution is -1.93. The number of halogens is 1. The molecule has 2 rings (SSSR count). The summed E-state index contributed by atoms with van der Waals surface area (Å²) in [6, 6.07) is 15.2. The summed E-state index contributed by atoms with van der Waals surface area (Å²) in [5, 5.41) is 9.51. The zero-order chi connectivity index (χ0) is 12.3. The van der Waals surface area contributed by atoms with Crippen LogP contribution in [0.25, 0.3) is 0 Å². The van der Waals surface area contributed by atoms with E-state index in [0.29, 0.717) is 0 Å². The van der Waals surface area contributed by atoms with Gasteiger partial charge in [-0.2, -0.15) is 0 Å². The molecule has 0 saturated heterocycles. The summed E-state index contributed by atoms with van der Waals surface area (Å²) in [6.45, 7) is 1.73. The molecule has 0 aliphatic rings. The van der Waals surface area contributed by atoms with Crippen molar-refractivity contribution in [2.24, 2.45) is 0 Å². The van der Waals surface area contributed by atoms with Crippen molar-refractivity contribution in [2.45, 2.75) is 13.0 Å². The molecule has 2 aromatic rings. The van der Waals surface area contributed by atoms with E-state index in [2.05, 4.69) is 15.9 Å². The molecule has 0 radical (unpaired) electrons. The maximum absolute atomic E-state index is 9.51. The molecule has 2 nitrogen and oxygen atoms in total. The van der Waals surface area contributed by atoms with Gasteiger partial charge in [-0.05, 0) is 36.8 Å². The van der Waals surface area contributed by atoms with Gasteiger partial charge in [0.25, 0.3) is 0 Å². The van der Waals surface area contributed by atoms with Crippen LogP contribution in [0.5, 0.6) is 11.5 Å². The Labute approximate surface area is 109 Å². The molecule has 0 unspecified atom stereocenters. The Morgan fingerprint density at radius 2 is 1.76 bits per heavy atom. The van der Waals surface area contributed by atoms with Gasteiger partial charge < -0.3 is 9.84 Å². The molecule has 0 bridgehead atoms. The van der Waals surface area contributed by atoms with Crippen LogP contribution in [0.2, 0.25) is 0 Å². The van der Waals surface area contributed by atoms with Crippen LogP contribution in [-0.4, -0.2) is 5.11 Å². The standard InChI is InChI=1S/C14H13BrO2/c1-10(16)13-8-7-12(9-14(13)15)17-11-5-3-2-4-6-11/h2-10,16H,1H3/t10-/m0/s1. The smallest absolute Gasteiger partial charge is 0.128 e.